The van der Waals surface area contributed by atoms with Crippen molar-refractivity contribution in [2.24, 2.45) is 0 Å². The fourth-order valence-corrected chi connectivity index (χ4v) is 3.00. The van der Waals surface area contributed by atoms with Crippen LogP contribution in [0, 0.1) is 0 Å². The molecule has 1 aliphatic heterocycles. The number of aromatic nitrogens is 2. The Labute approximate surface area is 121 Å². The number of anilines is 1. The van der Waals surface area contributed by atoms with Crippen LogP contribution in [0.1, 0.15) is 40.3 Å². The molecular formula is C15H26N4O. The van der Waals surface area contributed by atoms with Crippen molar-refractivity contribution < 1.29 is 4.74 Å². The largest absolute Gasteiger partial charge is 0.369 e. The van der Waals surface area contributed by atoms with Crippen molar-refractivity contribution in [2.75, 3.05) is 25.0 Å². The minimum atomic E-state index is -0.126. The zero-order chi connectivity index (χ0) is 14.8. The molecule has 1 saturated heterocycles. The van der Waals surface area contributed by atoms with Crippen molar-refractivity contribution in [3.63, 3.8) is 0 Å². The molecule has 2 rings (SSSR count). The number of nitrogens with one attached hydrogen (secondary N) is 1. The molecule has 0 bridgehead atoms. The maximum atomic E-state index is 6.09. The van der Waals surface area contributed by atoms with Crippen LogP contribution in [-0.4, -0.2) is 45.7 Å². The van der Waals surface area contributed by atoms with Gasteiger partial charge in [0, 0.05) is 26.2 Å². The molecule has 0 radical (unpaired) electrons. The van der Waals surface area contributed by atoms with E-state index >= 15 is 0 Å². The summed E-state index contributed by atoms with van der Waals surface area (Å²) in [6, 6.07) is 0. The average molecular weight is 278 g/mol. The van der Waals surface area contributed by atoms with Gasteiger partial charge < -0.3 is 10.1 Å². The lowest BCUT2D eigenvalue weighted by Crippen LogP contribution is -2.56. The van der Waals surface area contributed by atoms with Gasteiger partial charge in [-0.1, -0.05) is 0 Å². The molecule has 0 aromatic carbocycles. The second-order valence-corrected chi connectivity index (χ2v) is 6.69. The minimum Gasteiger partial charge on any atom is -0.369 e. The lowest BCUT2D eigenvalue weighted by atomic mass is 9.99. The lowest BCUT2D eigenvalue weighted by molar-refractivity contribution is -0.182. The third-order valence-corrected chi connectivity index (χ3v) is 3.21. The van der Waals surface area contributed by atoms with Crippen LogP contribution in [-0.2, 0) is 11.3 Å². The Morgan fingerprint density at radius 1 is 1.15 bits per heavy atom. The molecule has 2 heterocycles. The van der Waals surface area contributed by atoms with Crippen molar-refractivity contribution in [3.8, 4) is 0 Å². The summed E-state index contributed by atoms with van der Waals surface area (Å²) in [4.78, 5) is 11.2. The van der Waals surface area contributed by atoms with Gasteiger partial charge in [0.2, 0.25) is 0 Å². The predicted molar refractivity (Wildman–Crippen MR) is 80.7 cm³/mol. The molecule has 0 atom stereocenters. The van der Waals surface area contributed by atoms with Crippen LogP contribution in [0.15, 0.2) is 12.4 Å². The van der Waals surface area contributed by atoms with Gasteiger partial charge in [-0.2, -0.15) is 0 Å². The molecule has 112 valence electrons. The van der Waals surface area contributed by atoms with Gasteiger partial charge in [-0.05, 0) is 34.6 Å². The summed E-state index contributed by atoms with van der Waals surface area (Å²) in [5, 5.41) is 3.16. The van der Waals surface area contributed by atoms with E-state index in [1.807, 2.05) is 13.1 Å². The zero-order valence-corrected chi connectivity index (χ0v) is 13.2. The van der Waals surface area contributed by atoms with Crippen molar-refractivity contribution in [3.05, 3.63) is 18.1 Å². The molecule has 0 amide bonds. The summed E-state index contributed by atoms with van der Waals surface area (Å²) in [6.07, 6.45) is 3.66. The molecule has 1 aromatic heterocycles. The molecule has 0 saturated carbocycles. The Morgan fingerprint density at radius 3 is 2.30 bits per heavy atom. The van der Waals surface area contributed by atoms with Gasteiger partial charge >= 0.3 is 0 Å². The monoisotopic (exact) mass is 278 g/mol. The first kappa shape index (κ1) is 15.2. The van der Waals surface area contributed by atoms with Crippen molar-refractivity contribution in [2.45, 2.75) is 52.4 Å². The Hall–Kier alpha value is -1.20. The highest BCUT2D eigenvalue weighted by Gasteiger charge is 2.38. The number of hydrogen-bond acceptors (Lipinski definition) is 5. The summed E-state index contributed by atoms with van der Waals surface area (Å²) in [6.45, 7) is 14.1. The number of rotatable bonds is 4. The molecule has 1 aromatic rings. The van der Waals surface area contributed by atoms with Crippen LogP contribution in [0.25, 0.3) is 0 Å². The van der Waals surface area contributed by atoms with E-state index in [4.69, 9.17) is 4.74 Å². The molecule has 5 heteroatoms. The maximum Gasteiger partial charge on any atom is 0.144 e. The molecule has 20 heavy (non-hydrogen) atoms. The first-order valence-corrected chi connectivity index (χ1v) is 7.27. The normalized spacial score (nSPS) is 21.6. The van der Waals surface area contributed by atoms with E-state index in [0.29, 0.717) is 0 Å². The maximum absolute atomic E-state index is 6.09. The SMILES string of the molecule is CCNc1cnc(CN2CC(C)(C)OC(C)(C)C2)cn1. The summed E-state index contributed by atoms with van der Waals surface area (Å²) in [7, 11) is 0. The summed E-state index contributed by atoms with van der Waals surface area (Å²) in [5.74, 6) is 0.832. The highest BCUT2D eigenvalue weighted by molar-refractivity contribution is 5.30. The topological polar surface area (TPSA) is 50.3 Å². The van der Waals surface area contributed by atoms with Crippen molar-refractivity contribution in [1.82, 2.24) is 14.9 Å². The molecule has 1 aliphatic rings. The molecular weight excluding hydrogens is 252 g/mol. The highest BCUT2D eigenvalue weighted by atomic mass is 16.5. The van der Waals surface area contributed by atoms with Gasteiger partial charge in [0.25, 0.3) is 0 Å². The highest BCUT2D eigenvalue weighted by Crippen LogP contribution is 2.28. The number of nitrogens with zero attached hydrogens (tertiary/aromatic N) is 3. The van der Waals surface area contributed by atoms with Gasteiger partial charge in [-0.25, -0.2) is 4.98 Å². The van der Waals surface area contributed by atoms with Gasteiger partial charge in [-0.3, -0.25) is 9.88 Å². The first-order valence-electron chi connectivity index (χ1n) is 7.27. The second kappa shape index (κ2) is 5.66. The zero-order valence-electron chi connectivity index (χ0n) is 13.2. The lowest BCUT2D eigenvalue weighted by Gasteiger charge is -2.47. The fourth-order valence-electron chi connectivity index (χ4n) is 3.00. The van der Waals surface area contributed by atoms with Gasteiger partial charge in [-0.15, -0.1) is 0 Å². The Bertz CT molecular complexity index is 426. The van der Waals surface area contributed by atoms with E-state index in [1.165, 1.54) is 0 Å². The fraction of sp³-hybridized carbons (Fsp3) is 0.733. The Balaban J connectivity index is 2.01. The van der Waals surface area contributed by atoms with Crippen LogP contribution in [0.4, 0.5) is 5.82 Å². The molecule has 0 spiro atoms. The molecule has 1 N–H and O–H groups in total. The summed E-state index contributed by atoms with van der Waals surface area (Å²) >= 11 is 0. The minimum absolute atomic E-state index is 0.126. The molecule has 0 aliphatic carbocycles. The number of morpholine rings is 1. The standard InChI is InChI=1S/C15H26N4O/c1-6-16-13-8-17-12(7-18-13)9-19-10-14(2,3)20-15(4,5)11-19/h7-8H,6,9-11H2,1-5H3,(H,16,18). The van der Waals surface area contributed by atoms with E-state index < -0.39 is 0 Å². The van der Waals surface area contributed by atoms with E-state index in [-0.39, 0.29) is 11.2 Å². The molecule has 1 fully saturated rings. The molecule has 0 unspecified atom stereocenters. The third kappa shape index (κ3) is 4.15. The predicted octanol–water partition coefficient (Wildman–Crippen LogP) is 2.30. The van der Waals surface area contributed by atoms with Crippen LogP contribution < -0.4 is 5.32 Å². The van der Waals surface area contributed by atoms with Crippen LogP contribution in [0.5, 0.6) is 0 Å². The molecule has 5 nitrogen and oxygen atoms in total. The van der Waals surface area contributed by atoms with Gasteiger partial charge in [0.1, 0.15) is 5.82 Å². The van der Waals surface area contributed by atoms with Gasteiger partial charge in [0.05, 0.1) is 29.3 Å². The summed E-state index contributed by atoms with van der Waals surface area (Å²) < 4.78 is 6.09. The van der Waals surface area contributed by atoms with Crippen LogP contribution in [0.3, 0.4) is 0 Å². The smallest absolute Gasteiger partial charge is 0.144 e. The Morgan fingerprint density at radius 2 is 1.80 bits per heavy atom. The quantitative estimate of drug-likeness (QED) is 0.916. The number of ether oxygens (including phenoxy) is 1. The Kier molecular flexibility index (Phi) is 4.30. The number of hydrogen-bond donors (Lipinski definition) is 1. The van der Waals surface area contributed by atoms with Crippen molar-refractivity contribution in [1.29, 1.82) is 0 Å². The second-order valence-electron chi connectivity index (χ2n) is 6.69. The third-order valence-electron chi connectivity index (χ3n) is 3.21. The van der Waals surface area contributed by atoms with E-state index in [1.54, 1.807) is 6.20 Å². The van der Waals surface area contributed by atoms with Gasteiger partial charge in [0.15, 0.2) is 0 Å². The van der Waals surface area contributed by atoms with E-state index in [2.05, 4.69) is 47.9 Å². The van der Waals surface area contributed by atoms with Crippen molar-refractivity contribution >= 4 is 5.82 Å². The van der Waals surface area contributed by atoms with Crippen LogP contribution >= 0.6 is 0 Å². The summed E-state index contributed by atoms with van der Waals surface area (Å²) in [5.41, 5.74) is 0.748. The van der Waals surface area contributed by atoms with E-state index in [9.17, 15) is 0 Å². The average Bonchev–Trinajstić information content (AvgIpc) is 2.28. The van der Waals surface area contributed by atoms with E-state index in [0.717, 1.165) is 37.7 Å². The van der Waals surface area contributed by atoms with Crippen LogP contribution in [0.2, 0.25) is 0 Å². The first-order chi connectivity index (χ1) is 9.30.